The summed E-state index contributed by atoms with van der Waals surface area (Å²) in [7, 11) is 0. The fourth-order valence-electron chi connectivity index (χ4n) is 3.04. The standard InChI is InChI=1S/C20H27N3O4/c1-5-25-17-18(22-16-11-7-6-10-15(16)21-17)26-13-14-9-8-12-23(14)19(24)27-20(2,3)4/h6-7,10-11,14H,5,8-9,12-13H2,1-4H3. The fourth-order valence-corrected chi connectivity index (χ4v) is 3.04. The van der Waals surface area contributed by atoms with E-state index in [1.165, 1.54) is 0 Å². The van der Waals surface area contributed by atoms with E-state index >= 15 is 0 Å². The van der Waals surface area contributed by atoms with Gasteiger partial charge in [-0.3, -0.25) is 0 Å². The normalized spacial score (nSPS) is 17.2. The van der Waals surface area contributed by atoms with Crippen LogP contribution in [0.25, 0.3) is 11.0 Å². The number of amides is 1. The molecule has 1 aliphatic heterocycles. The molecule has 1 aromatic heterocycles. The Bertz CT molecular complexity index is 803. The summed E-state index contributed by atoms with van der Waals surface area (Å²) in [6, 6.07) is 7.53. The third-order valence-electron chi connectivity index (χ3n) is 4.21. The summed E-state index contributed by atoms with van der Waals surface area (Å²) in [5, 5.41) is 0. The van der Waals surface area contributed by atoms with E-state index in [2.05, 4.69) is 9.97 Å². The molecule has 2 aromatic rings. The van der Waals surface area contributed by atoms with Crippen LogP contribution in [0, 0.1) is 0 Å². The molecule has 1 fully saturated rings. The molecular formula is C20H27N3O4. The molecule has 2 heterocycles. The van der Waals surface area contributed by atoms with Gasteiger partial charge in [-0.05, 0) is 52.7 Å². The van der Waals surface area contributed by atoms with E-state index < -0.39 is 5.60 Å². The number of aromatic nitrogens is 2. The molecule has 1 aromatic carbocycles. The molecule has 27 heavy (non-hydrogen) atoms. The first kappa shape index (κ1) is 19.2. The summed E-state index contributed by atoms with van der Waals surface area (Å²) in [6.07, 6.45) is 1.49. The highest BCUT2D eigenvalue weighted by Crippen LogP contribution is 2.27. The largest absolute Gasteiger partial charge is 0.474 e. The molecule has 1 aliphatic rings. The second-order valence-electron chi connectivity index (χ2n) is 7.54. The molecule has 0 N–H and O–H groups in total. The van der Waals surface area contributed by atoms with Crippen LogP contribution in [-0.4, -0.2) is 52.4 Å². The first-order valence-electron chi connectivity index (χ1n) is 9.39. The van der Waals surface area contributed by atoms with Gasteiger partial charge in [0.1, 0.15) is 12.2 Å². The number of para-hydroxylation sites is 2. The average molecular weight is 373 g/mol. The number of ether oxygens (including phenoxy) is 3. The fraction of sp³-hybridized carbons (Fsp3) is 0.550. The zero-order valence-electron chi connectivity index (χ0n) is 16.4. The van der Waals surface area contributed by atoms with E-state index in [1.807, 2.05) is 52.0 Å². The maximum atomic E-state index is 12.4. The predicted molar refractivity (Wildman–Crippen MR) is 102 cm³/mol. The van der Waals surface area contributed by atoms with E-state index in [-0.39, 0.29) is 12.1 Å². The van der Waals surface area contributed by atoms with Crippen LogP contribution < -0.4 is 9.47 Å². The van der Waals surface area contributed by atoms with E-state index in [0.29, 0.717) is 31.5 Å². The Morgan fingerprint density at radius 2 is 1.78 bits per heavy atom. The lowest BCUT2D eigenvalue weighted by Gasteiger charge is -2.28. The van der Waals surface area contributed by atoms with Crippen LogP contribution >= 0.6 is 0 Å². The van der Waals surface area contributed by atoms with Gasteiger partial charge in [-0.1, -0.05) is 12.1 Å². The minimum atomic E-state index is -0.517. The van der Waals surface area contributed by atoms with Gasteiger partial charge < -0.3 is 19.1 Å². The van der Waals surface area contributed by atoms with Gasteiger partial charge >= 0.3 is 6.09 Å². The number of likely N-dealkylation sites (tertiary alicyclic amines) is 1. The van der Waals surface area contributed by atoms with Gasteiger partial charge in [-0.25, -0.2) is 14.8 Å². The number of fused-ring (bicyclic) bond motifs is 1. The minimum Gasteiger partial charge on any atom is -0.474 e. The van der Waals surface area contributed by atoms with Gasteiger partial charge in [-0.2, -0.15) is 0 Å². The molecule has 0 saturated carbocycles. The molecule has 0 aliphatic carbocycles. The Kier molecular flexibility index (Phi) is 5.68. The number of hydrogen-bond acceptors (Lipinski definition) is 6. The highest BCUT2D eigenvalue weighted by atomic mass is 16.6. The zero-order chi connectivity index (χ0) is 19.4. The molecule has 1 saturated heterocycles. The molecule has 7 heteroatoms. The monoisotopic (exact) mass is 373 g/mol. The Morgan fingerprint density at radius 3 is 2.37 bits per heavy atom. The Morgan fingerprint density at radius 1 is 1.15 bits per heavy atom. The Labute approximate surface area is 159 Å². The van der Waals surface area contributed by atoms with Gasteiger partial charge in [0.25, 0.3) is 11.8 Å². The van der Waals surface area contributed by atoms with Crippen LogP contribution in [-0.2, 0) is 4.74 Å². The van der Waals surface area contributed by atoms with Crippen LogP contribution in [0.3, 0.4) is 0 Å². The quantitative estimate of drug-likeness (QED) is 0.793. The van der Waals surface area contributed by atoms with Crippen LogP contribution in [0.1, 0.15) is 40.5 Å². The number of carbonyl (C=O) groups is 1. The number of nitrogens with zero attached hydrogens (tertiary/aromatic N) is 3. The molecule has 146 valence electrons. The lowest BCUT2D eigenvalue weighted by atomic mass is 10.2. The van der Waals surface area contributed by atoms with Crippen LogP contribution in [0.2, 0.25) is 0 Å². The van der Waals surface area contributed by atoms with Crippen molar-refractivity contribution in [3.05, 3.63) is 24.3 Å². The van der Waals surface area contributed by atoms with Gasteiger partial charge in [0, 0.05) is 6.54 Å². The van der Waals surface area contributed by atoms with Crippen molar-refractivity contribution in [2.45, 2.75) is 52.2 Å². The SMILES string of the molecule is CCOc1nc2ccccc2nc1OCC1CCCN1C(=O)OC(C)(C)C. The molecule has 0 bridgehead atoms. The van der Waals surface area contributed by atoms with Gasteiger partial charge in [-0.15, -0.1) is 0 Å². The third kappa shape index (κ3) is 4.78. The molecule has 1 amide bonds. The van der Waals surface area contributed by atoms with Crippen molar-refractivity contribution in [3.63, 3.8) is 0 Å². The van der Waals surface area contributed by atoms with Gasteiger partial charge in [0.15, 0.2) is 0 Å². The van der Waals surface area contributed by atoms with E-state index in [1.54, 1.807) is 4.90 Å². The Balaban J connectivity index is 1.73. The van der Waals surface area contributed by atoms with Gasteiger partial charge in [0.2, 0.25) is 0 Å². The summed E-state index contributed by atoms with van der Waals surface area (Å²) in [5.41, 5.74) is 0.979. The van der Waals surface area contributed by atoms with E-state index in [9.17, 15) is 4.79 Å². The van der Waals surface area contributed by atoms with Crippen molar-refractivity contribution in [1.82, 2.24) is 14.9 Å². The van der Waals surface area contributed by atoms with E-state index in [0.717, 1.165) is 23.9 Å². The highest BCUT2D eigenvalue weighted by Gasteiger charge is 2.33. The summed E-state index contributed by atoms with van der Waals surface area (Å²) in [5.74, 6) is 0.726. The lowest BCUT2D eigenvalue weighted by molar-refractivity contribution is 0.0184. The maximum Gasteiger partial charge on any atom is 0.410 e. The van der Waals surface area contributed by atoms with Crippen molar-refractivity contribution in [2.24, 2.45) is 0 Å². The van der Waals surface area contributed by atoms with E-state index in [4.69, 9.17) is 14.2 Å². The molecule has 3 rings (SSSR count). The second-order valence-corrected chi connectivity index (χ2v) is 7.54. The first-order valence-corrected chi connectivity index (χ1v) is 9.39. The minimum absolute atomic E-state index is 0.0532. The summed E-state index contributed by atoms with van der Waals surface area (Å²) in [4.78, 5) is 23.2. The van der Waals surface area contributed by atoms with Crippen molar-refractivity contribution in [1.29, 1.82) is 0 Å². The topological polar surface area (TPSA) is 73.8 Å². The molecule has 7 nitrogen and oxygen atoms in total. The Hall–Kier alpha value is -2.57. The average Bonchev–Trinajstić information content (AvgIpc) is 3.07. The van der Waals surface area contributed by atoms with Crippen LogP contribution in [0.4, 0.5) is 4.79 Å². The maximum absolute atomic E-state index is 12.4. The molecule has 1 atom stereocenters. The predicted octanol–water partition coefficient (Wildman–Crippen LogP) is 3.81. The molecule has 0 radical (unpaired) electrons. The smallest absolute Gasteiger partial charge is 0.410 e. The summed E-state index contributed by atoms with van der Waals surface area (Å²) < 4.78 is 17.0. The lowest BCUT2D eigenvalue weighted by Crippen LogP contribution is -2.42. The van der Waals surface area contributed by atoms with Crippen molar-refractivity contribution >= 4 is 17.1 Å². The highest BCUT2D eigenvalue weighted by molar-refractivity contribution is 5.75. The number of hydrogen-bond donors (Lipinski definition) is 0. The van der Waals surface area contributed by atoms with Crippen LogP contribution in [0.5, 0.6) is 11.8 Å². The van der Waals surface area contributed by atoms with Crippen molar-refractivity contribution < 1.29 is 19.0 Å². The number of rotatable bonds is 5. The third-order valence-corrected chi connectivity index (χ3v) is 4.21. The van der Waals surface area contributed by atoms with Crippen molar-refractivity contribution in [3.8, 4) is 11.8 Å². The zero-order valence-corrected chi connectivity index (χ0v) is 16.4. The number of benzene rings is 1. The second kappa shape index (κ2) is 7.98. The molecular weight excluding hydrogens is 346 g/mol. The van der Waals surface area contributed by atoms with Gasteiger partial charge in [0.05, 0.1) is 23.7 Å². The number of carbonyl (C=O) groups excluding carboxylic acids is 1. The summed E-state index contributed by atoms with van der Waals surface area (Å²) >= 11 is 0. The first-order chi connectivity index (χ1) is 12.9. The van der Waals surface area contributed by atoms with Crippen LogP contribution in [0.15, 0.2) is 24.3 Å². The molecule has 0 spiro atoms. The van der Waals surface area contributed by atoms with Crippen molar-refractivity contribution in [2.75, 3.05) is 19.8 Å². The molecule has 1 unspecified atom stereocenters. The summed E-state index contributed by atoms with van der Waals surface area (Å²) in [6.45, 7) is 8.96.